The van der Waals surface area contributed by atoms with Crippen LogP contribution in [0.4, 0.5) is 0 Å². The van der Waals surface area contributed by atoms with E-state index in [0.717, 1.165) is 10.5 Å². The first kappa shape index (κ1) is 17.7. The molecule has 0 aliphatic heterocycles. The lowest BCUT2D eigenvalue weighted by molar-refractivity contribution is -0.172. The number of carbonyl (C=O) groups excluding carboxylic acids is 2. The second kappa shape index (κ2) is 7.27. The number of aliphatic hydroxyl groups is 1. The molecule has 0 aromatic carbocycles. The van der Waals surface area contributed by atoms with Crippen molar-refractivity contribution in [2.45, 2.75) is 32.8 Å². The Kier molecular flexibility index (Phi) is 5.59. The average Bonchev–Trinajstić information content (AvgIpc) is 3.15. The molecule has 2 rings (SSSR count). The summed E-state index contributed by atoms with van der Waals surface area (Å²) in [6, 6.07) is 3.81. The van der Waals surface area contributed by atoms with Gasteiger partial charge in [0.2, 0.25) is 0 Å². The highest BCUT2D eigenvalue weighted by Crippen LogP contribution is 2.49. The van der Waals surface area contributed by atoms with E-state index in [1.165, 1.54) is 11.3 Å². The summed E-state index contributed by atoms with van der Waals surface area (Å²) in [4.78, 5) is 25.8. The highest BCUT2D eigenvalue weighted by Gasteiger charge is 2.58. The van der Waals surface area contributed by atoms with Gasteiger partial charge in [-0.15, -0.1) is 11.3 Å². The van der Waals surface area contributed by atoms with Crippen molar-refractivity contribution in [3.05, 3.63) is 29.0 Å². The maximum Gasteiger partial charge on any atom is 0.323 e. The molecule has 6 heteroatoms. The molecule has 1 aliphatic carbocycles. The van der Waals surface area contributed by atoms with Crippen LogP contribution in [0.3, 0.4) is 0 Å². The predicted molar refractivity (Wildman–Crippen MR) is 87.8 cm³/mol. The molecule has 0 saturated heterocycles. The molecular formula is C17H22O5S. The third kappa shape index (κ3) is 3.33. The zero-order valence-corrected chi connectivity index (χ0v) is 14.2. The molecule has 0 unspecified atom stereocenters. The van der Waals surface area contributed by atoms with Crippen LogP contribution in [0.2, 0.25) is 0 Å². The molecular weight excluding hydrogens is 316 g/mol. The molecule has 1 aromatic heterocycles. The molecule has 0 radical (unpaired) electrons. The van der Waals surface area contributed by atoms with Crippen molar-refractivity contribution in [3.8, 4) is 0 Å². The van der Waals surface area contributed by atoms with Crippen LogP contribution in [0.1, 0.15) is 31.6 Å². The normalized spacial score (nSPS) is 22.6. The minimum Gasteiger partial charge on any atom is -0.465 e. The Balaban J connectivity index is 2.29. The molecule has 0 spiro atoms. The molecule has 2 atom stereocenters. The molecule has 0 bridgehead atoms. The Hall–Kier alpha value is -1.66. The van der Waals surface area contributed by atoms with Gasteiger partial charge in [0.05, 0.1) is 19.3 Å². The van der Waals surface area contributed by atoms with E-state index in [1.54, 1.807) is 13.8 Å². The quantitative estimate of drug-likeness (QED) is 0.638. The SMILES string of the molecule is C=C(c1cccs1)[C@@H]1CC(C(=O)OCC)(C(=O)OCC)C[C@@H]1O. The number of ether oxygens (including phenoxy) is 2. The van der Waals surface area contributed by atoms with Crippen molar-refractivity contribution in [3.63, 3.8) is 0 Å². The monoisotopic (exact) mass is 338 g/mol. The molecule has 1 aromatic rings. The predicted octanol–water partition coefficient (Wildman–Crippen LogP) is 2.64. The number of thiophene rings is 1. The Labute approximate surface area is 139 Å². The fourth-order valence-electron chi connectivity index (χ4n) is 3.05. The summed E-state index contributed by atoms with van der Waals surface area (Å²) < 4.78 is 10.2. The fraction of sp³-hybridized carbons (Fsp3) is 0.529. The van der Waals surface area contributed by atoms with Crippen molar-refractivity contribution in [2.75, 3.05) is 13.2 Å². The van der Waals surface area contributed by atoms with Gasteiger partial charge >= 0.3 is 11.9 Å². The van der Waals surface area contributed by atoms with Crippen LogP contribution >= 0.6 is 11.3 Å². The number of aliphatic hydroxyl groups excluding tert-OH is 1. The smallest absolute Gasteiger partial charge is 0.323 e. The Morgan fingerprint density at radius 2 is 1.91 bits per heavy atom. The van der Waals surface area contributed by atoms with Gasteiger partial charge in [0.25, 0.3) is 0 Å². The van der Waals surface area contributed by atoms with Gasteiger partial charge in [-0.05, 0) is 37.3 Å². The van der Waals surface area contributed by atoms with Crippen molar-refractivity contribution in [1.82, 2.24) is 0 Å². The van der Waals surface area contributed by atoms with Crippen LogP contribution < -0.4 is 0 Å². The summed E-state index contributed by atoms with van der Waals surface area (Å²) >= 11 is 1.51. The number of esters is 2. The molecule has 23 heavy (non-hydrogen) atoms. The summed E-state index contributed by atoms with van der Waals surface area (Å²) in [5.41, 5.74) is -0.709. The van der Waals surface area contributed by atoms with Gasteiger partial charge < -0.3 is 14.6 Å². The van der Waals surface area contributed by atoms with E-state index in [4.69, 9.17) is 9.47 Å². The van der Waals surface area contributed by atoms with Crippen molar-refractivity contribution in [1.29, 1.82) is 0 Å². The maximum atomic E-state index is 12.4. The third-order valence-corrected chi connectivity index (χ3v) is 5.15. The Bertz CT molecular complexity index is 560. The minimum absolute atomic E-state index is 0.000269. The van der Waals surface area contributed by atoms with E-state index in [-0.39, 0.29) is 32.0 Å². The zero-order chi connectivity index (χ0) is 17.0. The fourth-order valence-corrected chi connectivity index (χ4v) is 3.81. The lowest BCUT2D eigenvalue weighted by Crippen LogP contribution is -2.40. The third-order valence-electron chi connectivity index (χ3n) is 4.21. The Morgan fingerprint density at radius 3 is 2.39 bits per heavy atom. The molecule has 1 fully saturated rings. The molecule has 1 saturated carbocycles. The van der Waals surface area contributed by atoms with Gasteiger partial charge in [-0.25, -0.2) is 0 Å². The maximum absolute atomic E-state index is 12.4. The first-order chi connectivity index (χ1) is 11.0. The molecule has 5 nitrogen and oxygen atoms in total. The summed E-state index contributed by atoms with van der Waals surface area (Å²) in [5.74, 6) is -1.62. The highest BCUT2D eigenvalue weighted by molar-refractivity contribution is 7.11. The van der Waals surface area contributed by atoms with E-state index < -0.39 is 23.5 Å². The first-order valence-electron chi connectivity index (χ1n) is 7.71. The number of hydrogen-bond acceptors (Lipinski definition) is 6. The highest BCUT2D eigenvalue weighted by atomic mass is 32.1. The largest absolute Gasteiger partial charge is 0.465 e. The van der Waals surface area contributed by atoms with Crippen LogP contribution in [0.25, 0.3) is 5.57 Å². The number of carbonyl (C=O) groups is 2. The molecule has 1 N–H and O–H groups in total. The molecule has 1 aliphatic rings. The first-order valence-corrected chi connectivity index (χ1v) is 8.59. The van der Waals surface area contributed by atoms with Crippen molar-refractivity contribution >= 4 is 28.8 Å². The summed E-state index contributed by atoms with van der Waals surface area (Å²) in [7, 11) is 0. The van der Waals surface area contributed by atoms with E-state index in [9.17, 15) is 14.7 Å². The van der Waals surface area contributed by atoms with Crippen LogP contribution in [0.5, 0.6) is 0 Å². The molecule has 1 heterocycles. The minimum atomic E-state index is -1.45. The van der Waals surface area contributed by atoms with E-state index >= 15 is 0 Å². The summed E-state index contributed by atoms with van der Waals surface area (Å²) in [5, 5.41) is 12.4. The lowest BCUT2D eigenvalue weighted by atomic mass is 9.84. The van der Waals surface area contributed by atoms with E-state index in [1.807, 2.05) is 17.5 Å². The number of hydrogen-bond donors (Lipinski definition) is 1. The standard InChI is InChI=1S/C17H22O5S/c1-4-21-15(19)17(16(20)22-5-2)9-12(13(18)10-17)11(3)14-7-6-8-23-14/h6-8,12-13,18H,3-5,9-10H2,1-2H3/t12-,13-/m0/s1. The van der Waals surface area contributed by atoms with Gasteiger partial charge in [-0.2, -0.15) is 0 Å². The van der Waals surface area contributed by atoms with Gasteiger partial charge in [0, 0.05) is 17.2 Å². The van der Waals surface area contributed by atoms with Gasteiger partial charge in [-0.3, -0.25) is 9.59 Å². The van der Waals surface area contributed by atoms with E-state index in [0.29, 0.717) is 0 Å². The summed E-state index contributed by atoms with van der Waals surface area (Å²) in [6.07, 6.45) is -0.680. The summed E-state index contributed by atoms with van der Waals surface area (Å²) in [6.45, 7) is 7.77. The lowest BCUT2D eigenvalue weighted by Gasteiger charge is -2.24. The topological polar surface area (TPSA) is 72.8 Å². The van der Waals surface area contributed by atoms with Crippen LogP contribution in [-0.4, -0.2) is 36.4 Å². The number of rotatable bonds is 6. The van der Waals surface area contributed by atoms with E-state index in [2.05, 4.69) is 6.58 Å². The zero-order valence-electron chi connectivity index (χ0n) is 13.4. The van der Waals surface area contributed by atoms with Gasteiger partial charge in [0.1, 0.15) is 0 Å². The van der Waals surface area contributed by atoms with Crippen LogP contribution in [-0.2, 0) is 19.1 Å². The second-order valence-electron chi connectivity index (χ2n) is 5.61. The van der Waals surface area contributed by atoms with Gasteiger partial charge in [0.15, 0.2) is 5.41 Å². The van der Waals surface area contributed by atoms with Crippen molar-refractivity contribution in [2.24, 2.45) is 11.3 Å². The average molecular weight is 338 g/mol. The van der Waals surface area contributed by atoms with Crippen LogP contribution in [0.15, 0.2) is 24.1 Å². The molecule has 126 valence electrons. The molecule has 0 amide bonds. The second-order valence-corrected chi connectivity index (χ2v) is 6.56. The van der Waals surface area contributed by atoms with Gasteiger partial charge in [-0.1, -0.05) is 12.6 Å². The van der Waals surface area contributed by atoms with Crippen molar-refractivity contribution < 1.29 is 24.2 Å². The Morgan fingerprint density at radius 1 is 1.30 bits per heavy atom. The van der Waals surface area contributed by atoms with Crippen LogP contribution in [0, 0.1) is 11.3 Å².